The van der Waals surface area contributed by atoms with Crippen molar-refractivity contribution in [2.75, 3.05) is 0 Å². The van der Waals surface area contributed by atoms with Crippen molar-refractivity contribution < 1.29 is 4.79 Å². The van der Waals surface area contributed by atoms with Crippen LogP contribution in [-0.2, 0) is 4.79 Å². The van der Waals surface area contributed by atoms with Crippen LogP contribution in [0.15, 0.2) is 17.5 Å². The molecule has 1 aromatic heterocycles. The van der Waals surface area contributed by atoms with E-state index in [1.807, 2.05) is 0 Å². The topological polar surface area (TPSA) is 32.3 Å². The zero-order valence-electron chi connectivity index (χ0n) is 12.3. The molecule has 1 aliphatic heterocycles. The summed E-state index contributed by atoms with van der Waals surface area (Å²) in [5, 5.41) is 5.68. The van der Waals surface area contributed by atoms with E-state index in [0.717, 1.165) is 0 Å². The number of carbonyl (C=O) groups is 1. The van der Waals surface area contributed by atoms with Crippen LogP contribution in [0.2, 0.25) is 0 Å². The van der Waals surface area contributed by atoms with E-state index in [1.54, 1.807) is 11.3 Å². The van der Waals surface area contributed by atoms with Gasteiger partial charge in [0.15, 0.2) is 0 Å². The van der Waals surface area contributed by atoms with E-state index in [2.05, 4.69) is 41.6 Å². The molecule has 20 heavy (non-hydrogen) atoms. The molecule has 0 aromatic carbocycles. The summed E-state index contributed by atoms with van der Waals surface area (Å²) < 4.78 is 0. The first-order valence-electron chi connectivity index (χ1n) is 7.80. The van der Waals surface area contributed by atoms with Gasteiger partial charge in [0.2, 0.25) is 5.91 Å². The molecule has 1 saturated carbocycles. The molecule has 1 amide bonds. The molecule has 1 saturated heterocycles. The van der Waals surface area contributed by atoms with Crippen LogP contribution in [-0.4, -0.2) is 22.9 Å². The van der Waals surface area contributed by atoms with Gasteiger partial charge >= 0.3 is 0 Å². The highest BCUT2D eigenvalue weighted by atomic mass is 32.1. The van der Waals surface area contributed by atoms with E-state index in [0.29, 0.717) is 17.9 Å². The Morgan fingerprint density at radius 3 is 2.65 bits per heavy atom. The summed E-state index contributed by atoms with van der Waals surface area (Å²) in [4.78, 5) is 16.3. The zero-order chi connectivity index (χ0) is 14.1. The number of thiophene rings is 1. The van der Waals surface area contributed by atoms with Crippen molar-refractivity contribution in [2.45, 2.75) is 64.2 Å². The lowest BCUT2D eigenvalue weighted by Gasteiger charge is -2.34. The first kappa shape index (κ1) is 14.1. The summed E-state index contributed by atoms with van der Waals surface area (Å²) in [6.45, 7) is 4.26. The highest BCUT2D eigenvalue weighted by Crippen LogP contribution is 2.36. The number of nitrogens with one attached hydrogen (secondary N) is 1. The standard InChI is InChI=1S/C16H24N2OS/c1-11(2)14-16(19)18(12-7-4-3-5-8-12)15(17-14)13-9-6-10-20-13/h6,9-12,14-15,17H,3-5,7-8H2,1-2H3. The summed E-state index contributed by atoms with van der Waals surface area (Å²) in [6.07, 6.45) is 6.28. The minimum Gasteiger partial charge on any atom is -0.318 e. The lowest BCUT2D eigenvalue weighted by Crippen LogP contribution is -2.41. The van der Waals surface area contributed by atoms with Gasteiger partial charge in [0.25, 0.3) is 0 Å². The third kappa shape index (κ3) is 2.51. The van der Waals surface area contributed by atoms with Gasteiger partial charge in [0.05, 0.1) is 6.04 Å². The lowest BCUT2D eigenvalue weighted by molar-refractivity contribution is -0.133. The van der Waals surface area contributed by atoms with E-state index in [1.165, 1.54) is 37.0 Å². The summed E-state index contributed by atoms with van der Waals surface area (Å²) in [7, 11) is 0. The molecule has 110 valence electrons. The average molecular weight is 292 g/mol. The van der Waals surface area contributed by atoms with Crippen molar-refractivity contribution in [3.05, 3.63) is 22.4 Å². The predicted octanol–water partition coefficient (Wildman–Crippen LogP) is 3.54. The van der Waals surface area contributed by atoms with Gasteiger partial charge in [-0.1, -0.05) is 39.2 Å². The van der Waals surface area contributed by atoms with Crippen LogP contribution in [0.25, 0.3) is 0 Å². The van der Waals surface area contributed by atoms with Gasteiger partial charge in [0.1, 0.15) is 6.17 Å². The predicted molar refractivity (Wildman–Crippen MR) is 82.5 cm³/mol. The minimum atomic E-state index is -0.0240. The molecule has 0 bridgehead atoms. The molecule has 1 aromatic rings. The Bertz CT molecular complexity index is 451. The molecule has 3 nitrogen and oxygen atoms in total. The highest BCUT2D eigenvalue weighted by Gasteiger charge is 2.44. The second kappa shape index (κ2) is 5.86. The first-order valence-corrected chi connectivity index (χ1v) is 8.68. The second-order valence-corrected chi connectivity index (χ2v) is 7.32. The van der Waals surface area contributed by atoms with Crippen molar-refractivity contribution >= 4 is 17.2 Å². The molecular formula is C16H24N2OS. The van der Waals surface area contributed by atoms with Crippen LogP contribution in [0.1, 0.15) is 57.0 Å². The molecule has 0 radical (unpaired) electrons. The number of amides is 1. The maximum Gasteiger partial charge on any atom is 0.241 e. The number of hydrogen-bond acceptors (Lipinski definition) is 3. The quantitative estimate of drug-likeness (QED) is 0.924. The van der Waals surface area contributed by atoms with E-state index >= 15 is 0 Å². The molecule has 2 unspecified atom stereocenters. The molecule has 1 N–H and O–H groups in total. The van der Waals surface area contributed by atoms with E-state index in [-0.39, 0.29) is 12.2 Å². The Balaban J connectivity index is 1.87. The van der Waals surface area contributed by atoms with Crippen molar-refractivity contribution in [2.24, 2.45) is 5.92 Å². The second-order valence-electron chi connectivity index (χ2n) is 6.34. The van der Waals surface area contributed by atoms with Gasteiger partial charge in [-0.15, -0.1) is 11.3 Å². The van der Waals surface area contributed by atoms with Gasteiger partial charge in [0, 0.05) is 10.9 Å². The normalized spacial score (nSPS) is 28.6. The average Bonchev–Trinajstić information content (AvgIpc) is 3.06. The molecule has 2 heterocycles. The third-order valence-corrected chi connectivity index (χ3v) is 5.51. The summed E-state index contributed by atoms with van der Waals surface area (Å²) in [5.74, 6) is 0.656. The molecular weight excluding hydrogens is 268 g/mol. The summed E-state index contributed by atoms with van der Waals surface area (Å²) in [6, 6.07) is 4.63. The minimum absolute atomic E-state index is 0.0240. The number of carbonyl (C=O) groups excluding carboxylic acids is 1. The first-order chi connectivity index (χ1) is 9.68. The molecule has 2 atom stereocenters. The summed E-state index contributed by atoms with van der Waals surface area (Å²) >= 11 is 1.75. The van der Waals surface area contributed by atoms with Crippen molar-refractivity contribution in [3.8, 4) is 0 Å². The van der Waals surface area contributed by atoms with Crippen molar-refractivity contribution in [1.82, 2.24) is 10.2 Å². The Morgan fingerprint density at radius 2 is 2.05 bits per heavy atom. The van der Waals surface area contributed by atoms with Gasteiger partial charge in [-0.2, -0.15) is 0 Å². The zero-order valence-corrected chi connectivity index (χ0v) is 13.2. The SMILES string of the molecule is CC(C)C1NC(c2cccs2)N(C2CCCCC2)C1=O. The Hall–Kier alpha value is -0.870. The highest BCUT2D eigenvalue weighted by molar-refractivity contribution is 7.10. The van der Waals surface area contributed by atoms with Gasteiger partial charge in [-0.3, -0.25) is 10.1 Å². The molecule has 4 heteroatoms. The van der Waals surface area contributed by atoms with Gasteiger partial charge < -0.3 is 4.90 Å². The van der Waals surface area contributed by atoms with Crippen LogP contribution < -0.4 is 5.32 Å². The number of nitrogens with zero attached hydrogens (tertiary/aromatic N) is 1. The summed E-state index contributed by atoms with van der Waals surface area (Å²) in [5.41, 5.74) is 0. The fraction of sp³-hybridized carbons (Fsp3) is 0.688. The monoisotopic (exact) mass is 292 g/mol. The Morgan fingerprint density at radius 1 is 1.30 bits per heavy atom. The largest absolute Gasteiger partial charge is 0.318 e. The maximum absolute atomic E-state index is 12.8. The molecule has 0 spiro atoms. The van der Waals surface area contributed by atoms with Crippen LogP contribution in [0.5, 0.6) is 0 Å². The van der Waals surface area contributed by atoms with E-state index in [4.69, 9.17) is 0 Å². The van der Waals surface area contributed by atoms with Crippen molar-refractivity contribution in [3.63, 3.8) is 0 Å². The molecule has 2 fully saturated rings. The number of rotatable bonds is 3. The third-order valence-electron chi connectivity index (χ3n) is 4.58. The molecule has 2 aliphatic rings. The smallest absolute Gasteiger partial charge is 0.241 e. The lowest BCUT2D eigenvalue weighted by atomic mass is 9.93. The van der Waals surface area contributed by atoms with Crippen LogP contribution in [0.3, 0.4) is 0 Å². The Kier molecular flexibility index (Phi) is 4.13. The van der Waals surface area contributed by atoms with Gasteiger partial charge in [-0.05, 0) is 30.2 Å². The molecule has 3 rings (SSSR count). The maximum atomic E-state index is 12.8. The van der Waals surface area contributed by atoms with Crippen molar-refractivity contribution in [1.29, 1.82) is 0 Å². The Labute approximate surface area is 125 Å². The van der Waals surface area contributed by atoms with Crippen LogP contribution >= 0.6 is 11.3 Å². The van der Waals surface area contributed by atoms with Crippen LogP contribution in [0, 0.1) is 5.92 Å². The fourth-order valence-corrected chi connectivity index (χ4v) is 4.29. The van der Waals surface area contributed by atoms with E-state index < -0.39 is 0 Å². The van der Waals surface area contributed by atoms with Crippen LogP contribution in [0.4, 0.5) is 0 Å². The fourth-order valence-electron chi connectivity index (χ4n) is 3.50. The molecule has 1 aliphatic carbocycles. The van der Waals surface area contributed by atoms with Gasteiger partial charge in [-0.25, -0.2) is 0 Å². The number of hydrogen-bond donors (Lipinski definition) is 1. The van der Waals surface area contributed by atoms with E-state index in [9.17, 15) is 4.79 Å².